The fourth-order valence-corrected chi connectivity index (χ4v) is 4.67. The number of halogens is 1. The Labute approximate surface area is 193 Å². The lowest BCUT2D eigenvalue weighted by atomic mass is 9.88. The zero-order valence-electron chi connectivity index (χ0n) is 18.0. The Morgan fingerprint density at radius 1 is 0.812 bits per heavy atom. The van der Waals surface area contributed by atoms with Crippen LogP contribution >= 0.6 is 11.6 Å². The topological polar surface area (TPSA) is 69.7 Å². The lowest BCUT2D eigenvalue weighted by molar-refractivity contribution is -0.134. The summed E-state index contributed by atoms with van der Waals surface area (Å²) in [5, 5.41) is 3.61. The molecule has 2 heterocycles. The van der Waals surface area contributed by atoms with Crippen LogP contribution in [0.4, 0.5) is 0 Å². The maximum atomic E-state index is 13.3. The number of likely N-dealkylation sites (tertiary alicyclic amines) is 2. The molecule has 0 aromatic heterocycles. The van der Waals surface area contributed by atoms with E-state index in [-0.39, 0.29) is 23.6 Å². The third kappa shape index (κ3) is 5.13. The Balaban J connectivity index is 1.44. The number of rotatable bonds is 5. The summed E-state index contributed by atoms with van der Waals surface area (Å²) in [7, 11) is 0. The third-order valence-corrected chi connectivity index (χ3v) is 6.65. The number of nitrogens with zero attached hydrogens (tertiary/aromatic N) is 2. The second-order valence-corrected chi connectivity index (χ2v) is 8.92. The molecule has 6 nitrogen and oxygen atoms in total. The number of piperidine rings is 1. The van der Waals surface area contributed by atoms with Gasteiger partial charge in [0.1, 0.15) is 6.04 Å². The van der Waals surface area contributed by atoms with Gasteiger partial charge in [-0.25, -0.2) is 0 Å². The predicted octanol–water partition coefficient (Wildman–Crippen LogP) is 3.61. The highest BCUT2D eigenvalue weighted by Crippen LogP contribution is 2.25. The molecule has 32 heavy (non-hydrogen) atoms. The number of hydrogen-bond donors (Lipinski definition) is 1. The van der Waals surface area contributed by atoms with Crippen molar-refractivity contribution in [1.29, 1.82) is 0 Å². The van der Waals surface area contributed by atoms with Crippen LogP contribution in [0, 0.1) is 5.92 Å². The first-order valence-electron chi connectivity index (χ1n) is 11.2. The molecule has 1 unspecified atom stereocenters. The molecular weight excluding hydrogens is 426 g/mol. The maximum Gasteiger partial charge on any atom is 0.253 e. The summed E-state index contributed by atoms with van der Waals surface area (Å²) in [6.07, 6.45) is 3.33. The van der Waals surface area contributed by atoms with E-state index in [0.29, 0.717) is 42.1 Å². The van der Waals surface area contributed by atoms with Crippen LogP contribution in [0.15, 0.2) is 54.6 Å². The van der Waals surface area contributed by atoms with Crippen molar-refractivity contribution in [2.24, 2.45) is 5.92 Å². The average molecular weight is 454 g/mol. The largest absolute Gasteiger partial charge is 0.341 e. The van der Waals surface area contributed by atoms with Crippen molar-refractivity contribution in [3.05, 3.63) is 70.7 Å². The Morgan fingerprint density at radius 3 is 2.06 bits per heavy atom. The summed E-state index contributed by atoms with van der Waals surface area (Å²) in [6, 6.07) is 15.3. The number of amides is 3. The summed E-state index contributed by atoms with van der Waals surface area (Å²) >= 11 is 5.93. The molecule has 2 aliphatic heterocycles. The Morgan fingerprint density at radius 2 is 1.44 bits per heavy atom. The number of hydrogen-bond acceptors (Lipinski definition) is 3. The lowest BCUT2D eigenvalue weighted by Gasteiger charge is -2.37. The number of carbonyl (C=O) groups is 3. The van der Waals surface area contributed by atoms with Gasteiger partial charge in [0, 0.05) is 42.3 Å². The van der Waals surface area contributed by atoms with Gasteiger partial charge in [-0.3, -0.25) is 14.4 Å². The molecule has 0 spiro atoms. The van der Waals surface area contributed by atoms with E-state index >= 15 is 0 Å². The van der Waals surface area contributed by atoms with Gasteiger partial charge in [-0.2, -0.15) is 0 Å². The van der Waals surface area contributed by atoms with E-state index in [1.165, 1.54) is 0 Å². The molecule has 4 rings (SSSR count). The smallest absolute Gasteiger partial charge is 0.253 e. The van der Waals surface area contributed by atoms with Crippen LogP contribution in [0.5, 0.6) is 0 Å². The first-order chi connectivity index (χ1) is 15.5. The van der Waals surface area contributed by atoms with Gasteiger partial charge in [0.15, 0.2) is 0 Å². The number of nitrogens with one attached hydrogen (secondary N) is 1. The Kier molecular flexibility index (Phi) is 7.10. The molecule has 0 aliphatic carbocycles. The van der Waals surface area contributed by atoms with Gasteiger partial charge in [-0.15, -0.1) is 0 Å². The lowest BCUT2D eigenvalue weighted by Crippen LogP contribution is -2.54. The first kappa shape index (κ1) is 22.3. The summed E-state index contributed by atoms with van der Waals surface area (Å²) in [5.41, 5.74) is 1.15. The van der Waals surface area contributed by atoms with E-state index in [0.717, 1.165) is 25.9 Å². The van der Waals surface area contributed by atoms with E-state index in [1.54, 1.807) is 36.4 Å². The minimum Gasteiger partial charge on any atom is -0.341 e. The fourth-order valence-electron chi connectivity index (χ4n) is 4.54. The van der Waals surface area contributed by atoms with Gasteiger partial charge in [0.25, 0.3) is 11.8 Å². The molecule has 0 radical (unpaired) electrons. The second kappa shape index (κ2) is 10.2. The highest BCUT2D eigenvalue weighted by Gasteiger charge is 2.37. The zero-order chi connectivity index (χ0) is 22.5. The van der Waals surface area contributed by atoms with Gasteiger partial charge in [0.2, 0.25) is 5.91 Å². The monoisotopic (exact) mass is 453 g/mol. The molecule has 168 valence electrons. The molecule has 2 aliphatic rings. The molecule has 3 amide bonds. The average Bonchev–Trinajstić information content (AvgIpc) is 3.38. The number of benzene rings is 2. The first-order valence-corrected chi connectivity index (χ1v) is 11.6. The SMILES string of the molecule is O=C(NC(C(=O)N1CCCC1)C1CCN(C(=O)c2ccc(Cl)cc2)CC1)c1ccccc1. The third-order valence-electron chi connectivity index (χ3n) is 6.40. The van der Waals surface area contributed by atoms with Crippen LogP contribution in [0.25, 0.3) is 0 Å². The van der Waals surface area contributed by atoms with Gasteiger partial charge >= 0.3 is 0 Å². The number of carbonyl (C=O) groups excluding carboxylic acids is 3. The van der Waals surface area contributed by atoms with E-state index < -0.39 is 6.04 Å². The van der Waals surface area contributed by atoms with Crippen molar-refractivity contribution in [3.8, 4) is 0 Å². The molecule has 2 aromatic rings. The van der Waals surface area contributed by atoms with Crippen LogP contribution < -0.4 is 5.32 Å². The van der Waals surface area contributed by atoms with Crippen LogP contribution in [-0.2, 0) is 4.79 Å². The van der Waals surface area contributed by atoms with Crippen molar-refractivity contribution in [1.82, 2.24) is 15.1 Å². The van der Waals surface area contributed by atoms with Crippen molar-refractivity contribution < 1.29 is 14.4 Å². The summed E-state index contributed by atoms with van der Waals surface area (Å²) in [6.45, 7) is 2.59. The molecule has 1 atom stereocenters. The van der Waals surface area contributed by atoms with Crippen molar-refractivity contribution in [2.75, 3.05) is 26.2 Å². The van der Waals surface area contributed by atoms with Crippen LogP contribution in [0.3, 0.4) is 0 Å². The zero-order valence-corrected chi connectivity index (χ0v) is 18.8. The maximum absolute atomic E-state index is 13.3. The highest BCUT2D eigenvalue weighted by atomic mass is 35.5. The normalized spacial score (nSPS) is 17.8. The molecular formula is C25H28ClN3O3. The Hall–Kier alpha value is -2.86. The molecule has 2 fully saturated rings. The molecule has 1 N–H and O–H groups in total. The summed E-state index contributed by atoms with van der Waals surface area (Å²) in [5.74, 6) is -0.280. The van der Waals surface area contributed by atoms with E-state index in [2.05, 4.69) is 5.32 Å². The van der Waals surface area contributed by atoms with Gasteiger partial charge in [-0.1, -0.05) is 29.8 Å². The van der Waals surface area contributed by atoms with Crippen LogP contribution in [0.2, 0.25) is 5.02 Å². The van der Waals surface area contributed by atoms with E-state index in [9.17, 15) is 14.4 Å². The molecule has 2 aromatic carbocycles. The minimum absolute atomic E-state index is 0.00532. The van der Waals surface area contributed by atoms with Gasteiger partial charge < -0.3 is 15.1 Å². The van der Waals surface area contributed by atoms with Gasteiger partial charge in [-0.05, 0) is 68.0 Å². The molecule has 7 heteroatoms. The van der Waals surface area contributed by atoms with Crippen LogP contribution in [-0.4, -0.2) is 59.7 Å². The van der Waals surface area contributed by atoms with Crippen molar-refractivity contribution in [2.45, 2.75) is 31.7 Å². The fraction of sp³-hybridized carbons (Fsp3) is 0.400. The molecule has 2 saturated heterocycles. The standard InChI is InChI=1S/C25H28ClN3O3/c26-21-10-8-20(9-11-21)24(31)29-16-12-18(13-17-29)22(25(32)28-14-4-5-15-28)27-23(30)19-6-2-1-3-7-19/h1-3,6-11,18,22H,4-5,12-17H2,(H,27,30). The predicted molar refractivity (Wildman–Crippen MR) is 124 cm³/mol. The minimum atomic E-state index is -0.575. The van der Waals surface area contributed by atoms with E-state index in [1.807, 2.05) is 28.0 Å². The second-order valence-electron chi connectivity index (χ2n) is 8.49. The quantitative estimate of drug-likeness (QED) is 0.751. The summed E-state index contributed by atoms with van der Waals surface area (Å²) < 4.78 is 0. The van der Waals surface area contributed by atoms with E-state index in [4.69, 9.17) is 11.6 Å². The molecule has 0 bridgehead atoms. The summed E-state index contributed by atoms with van der Waals surface area (Å²) in [4.78, 5) is 42.7. The van der Waals surface area contributed by atoms with Crippen LogP contribution in [0.1, 0.15) is 46.4 Å². The highest BCUT2D eigenvalue weighted by molar-refractivity contribution is 6.30. The van der Waals surface area contributed by atoms with Crippen molar-refractivity contribution in [3.63, 3.8) is 0 Å². The van der Waals surface area contributed by atoms with Gasteiger partial charge in [0.05, 0.1) is 0 Å². The van der Waals surface area contributed by atoms with Crippen molar-refractivity contribution >= 4 is 29.3 Å². The molecule has 0 saturated carbocycles. The Bertz CT molecular complexity index is 950.